The summed E-state index contributed by atoms with van der Waals surface area (Å²) in [5.41, 5.74) is 0. The zero-order valence-corrected chi connectivity index (χ0v) is 12.3. The van der Waals surface area contributed by atoms with Gasteiger partial charge in [0.25, 0.3) is 0 Å². The minimum Gasteiger partial charge on any atom is -0.353 e. The first-order chi connectivity index (χ1) is 9.38. The van der Waals surface area contributed by atoms with Gasteiger partial charge in [-0.25, -0.2) is 18.1 Å². The van der Waals surface area contributed by atoms with Gasteiger partial charge >= 0.3 is 0 Å². The summed E-state index contributed by atoms with van der Waals surface area (Å²) in [6, 6.07) is 2.94. The molecule has 0 bridgehead atoms. The third-order valence-electron chi connectivity index (χ3n) is 2.78. The molecule has 1 aromatic rings. The lowest BCUT2D eigenvalue weighted by atomic mass is 10.3. The number of rotatable bonds is 4. The van der Waals surface area contributed by atoms with Crippen LogP contribution in [0.3, 0.4) is 0 Å². The number of aromatic nitrogens is 1. The van der Waals surface area contributed by atoms with Gasteiger partial charge in [-0.1, -0.05) is 0 Å². The van der Waals surface area contributed by atoms with Crippen molar-refractivity contribution in [3.8, 4) is 0 Å². The van der Waals surface area contributed by atoms with Gasteiger partial charge in [-0.3, -0.25) is 4.79 Å². The summed E-state index contributed by atoms with van der Waals surface area (Å²) >= 11 is 0. The van der Waals surface area contributed by atoms with Gasteiger partial charge in [0.15, 0.2) is 0 Å². The number of pyridine rings is 1. The summed E-state index contributed by atoms with van der Waals surface area (Å²) < 4.78 is 26.4. The topological polar surface area (TPSA) is 91.4 Å². The maximum Gasteiger partial charge on any atom is 0.242 e. The van der Waals surface area contributed by atoms with E-state index < -0.39 is 10.0 Å². The first kappa shape index (κ1) is 14.7. The highest BCUT2D eigenvalue weighted by Crippen LogP contribution is 2.15. The summed E-state index contributed by atoms with van der Waals surface area (Å²) in [5.74, 6) is 0.541. The highest BCUT2D eigenvalue weighted by atomic mass is 32.2. The Hall–Kier alpha value is -1.67. The van der Waals surface area contributed by atoms with Gasteiger partial charge in [-0.2, -0.15) is 0 Å². The van der Waals surface area contributed by atoms with Crippen LogP contribution in [0.1, 0.15) is 13.8 Å². The van der Waals surface area contributed by atoms with Gasteiger partial charge < -0.3 is 10.2 Å². The molecule has 110 valence electrons. The second-order valence-electron chi connectivity index (χ2n) is 4.90. The average Bonchev–Trinajstić information content (AvgIpc) is 2.37. The number of sulfonamides is 1. The van der Waals surface area contributed by atoms with E-state index in [2.05, 4.69) is 15.0 Å². The lowest BCUT2D eigenvalue weighted by molar-refractivity contribution is -0.120. The van der Waals surface area contributed by atoms with Crippen molar-refractivity contribution in [3.63, 3.8) is 0 Å². The standard InChI is InChI=1S/C12H18N4O3S/c1-9(2)15-20(18,19)10-3-4-11(14-7-10)16-6-5-13-12(17)8-16/h3-4,7,9,15H,5-6,8H2,1-2H3,(H,13,17). The van der Waals surface area contributed by atoms with Crippen LogP contribution in [0.4, 0.5) is 5.82 Å². The lowest BCUT2D eigenvalue weighted by Crippen LogP contribution is -2.48. The molecule has 1 aliphatic heterocycles. The van der Waals surface area contributed by atoms with Crippen molar-refractivity contribution in [1.29, 1.82) is 0 Å². The van der Waals surface area contributed by atoms with Gasteiger partial charge in [-0.15, -0.1) is 0 Å². The van der Waals surface area contributed by atoms with Crippen molar-refractivity contribution < 1.29 is 13.2 Å². The number of carbonyl (C=O) groups excluding carboxylic acids is 1. The molecule has 2 rings (SSSR count). The Morgan fingerprint density at radius 2 is 2.15 bits per heavy atom. The largest absolute Gasteiger partial charge is 0.353 e. The second kappa shape index (κ2) is 5.76. The van der Waals surface area contributed by atoms with Crippen LogP contribution >= 0.6 is 0 Å². The lowest BCUT2D eigenvalue weighted by Gasteiger charge is -2.27. The second-order valence-corrected chi connectivity index (χ2v) is 6.61. The van der Waals surface area contributed by atoms with Gasteiger partial charge in [0, 0.05) is 25.3 Å². The summed E-state index contributed by atoms with van der Waals surface area (Å²) in [7, 11) is -3.53. The maximum atomic E-state index is 12.0. The van der Waals surface area contributed by atoms with E-state index in [-0.39, 0.29) is 23.4 Å². The predicted octanol–water partition coefficient (Wildman–Crippen LogP) is -0.295. The molecule has 0 aliphatic carbocycles. The van der Waals surface area contributed by atoms with Gasteiger partial charge in [0.2, 0.25) is 15.9 Å². The molecule has 0 spiro atoms. The van der Waals surface area contributed by atoms with E-state index in [1.807, 2.05) is 4.90 Å². The molecule has 7 nitrogen and oxygen atoms in total. The van der Waals surface area contributed by atoms with E-state index in [9.17, 15) is 13.2 Å². The van der Waals surface area contributed by atoms with Crippen LogP contribution in [0.25, 0.3) is 0 Å². The minimum absolute atomic E-state index is 0.0591. The van der Waals surface area contributed by atoms with Crippen LogP contribution < -0.4 is 14.9 Å². The van der Waals surface area contributed by atoms with E-state index in [0.717, 1.165) is 0 Å². The molecule has 1 saturated heterocycles. The quantitative estimate of drug-likeness (QED) is 0.796. The number of hydrogen-bond acceptors (Lipinski definition) is 5. The van der Waals surface area contributed by atoms with E-state index in [4.69, 9.17) is 0 Å². The molecule has 2 heterocycles. The van der Waals surface area contributed by atoms with Gasteiger partial charge in [-0.05, 0) is 26.0 Å². The summed E-state index contributed by atoms with van der Waals surface area (Å²) in [6.07, 6.45) is 1.31. The minimum atomic E-state index is -3.53. The van der Waals surface area contributed by atoms with Crippen LogP contribution in [-0.2, 0) is 14.8 Å². The highest BCUT2D eigenvalue weighted by molar-refractivity contribution is 7.89. The van der Waals surface area contributed by atoms with Crippen LogP contribution in [0.5, 0.6) is 0 Å². The van der Waals surface area contributed by atoms with Crippen molar-refractivity contribution in [2.45, 2.75) is 24.8 Å². The number of carbonyl (C=O) groups is 1. The molecule has 0 aromatic carbocycles. The van der Waals surface area contributed by atoms with E-state index in [1.165, 1.54) is 12.3 Å². The first-order valence-corrected chi connectivity index (χ1v) is 7.87. The SMILES string of the molecule is CC(C)NS(=O)(=O)c1ccc(N2CCNC(=O)C2)nc1. The van der Waals surface area contributed by atoms with Gasteiger partial charge in [0.05, 0.1) is 6.54 Å². The molecule has 0 unspecified atom stereocenters. The molecule has 0 atom stereocenters. The molecular formula is C12H18N4O3S. The Bertz CT molecular complexity index is 583. The summed E-state index contributed by atoms with van der Waals surface area (Å²) in [6.45, 7) is 4.98. The Balaban J connectivity index is 2.16. The molecule has 1 aliphatic rings. The monoisotopic (exact) mass is 298 g/mol. The van der Waals surface area contributed by atoms with Crippen LogP contribution in [0.2, 0.25) is 0 Å². The van der Waals surface area contributed by atoms with Crippen molar-refractivity contribution in [1.82, 2.24) is 15.0 Å². The summed E-state index contributed by atoms with van der Waals surface area (Å²) in [5, 5.41) is 2.72. The first-order valence-electron chi connectivity index (χ1n) is 6.38. The molecule has 1 fully saturated rings. The molecule has 0 radical (unpaired) electrons. The molecule has 1 aromatic heterocycles. The average molecular weight is 298 g/mol. The normalized spacial score (nSPS) is 16.4. The molecule has 2 N–H and O–H groups in total. The fraction of sp³-hybridized carbons (Fsp3) is 0.500. The zero-order chi connectivity index (χ0) is 14.8. The van der Waals surface area contributed by atoms with Crippen molar-refractivity contribution in [2.75, 3.05) is 24.5 Å². The molecular weight excluding hydrogens is 280 g/mol. The highest BCUT2D eigenvalue weighted by Gasteiger charge is 2.19. The van der Waals surface area contributed by atoms with E-state index >= 15 is 0 Å². The Morgan fingerprint density at radius 1 is 1.40 bits per heavy atom. The van der Waals surface area contributed by atoms with Crippen molar-refractivity contribution >= 4 is 21.7 Å². The summed E-state index contributed by atoms with van der Waals surface area (Å²) in [4.78, 5) is 17.4. The molecule has 0 saturated carbocycles. The maximum absolute atomic E-state index is 12.0. The number of anilines is 1. The Labute approximate surface area is 118 Å². The number of nitrogens with zero attached hydrogens (tertiary/aromatic N) is 2. The third-order valence-corrected chi connectivity index (χ3v) is 4.43. The Morgan fingerprint density at radius 3 is 2.70 bits per heavy atom. The van der Waals surface area contributed by atoms with Crippen LogP contribution in [0, 0.1) is 0 Å². The Kier molecular flexibility index (Phi) is 4.24. The molecule has 20 heavy (non-hydrogen) atoms. The van der Waals surface area contributed by atoms with Crippen LogP contribution in [0.15, 0.2) is 23.2 Å². The third kappa shape index (κ3) is 3.45. The van der Waals surface area contributed by atoms with Crippen molar-refractivity contribution in [3.05, 3.63) is 18.3 Å². The van der Waals surface area contributed by atoms with Gasteiger partial charge in [0.1, 0.15) is 10.7 Å². The van der Waals surface area contributed by atoms with E-state index in [1.54, 1.807) is 19.9 Å². The number of nitrogens with one attached hydrogen (secondary N) is 2. The zero-order valence-electron chi connectivity index (χ0n) is 11.5. The smallest absolute Gasteiger partial charge is 0.242 e. The number of hydrogen-bond donors (Lipinski definition) is 2. The fourth-order valence-electron chi connectivity index (χ4n) is 1.93. The molecule has 1 amide bonds. The predicted molar refractivity (Wildman–Crippen MR) is 74.9 cm³/mol. The van der Waals surface area contributed by atoms with Crippen molar-refractivity contribution in [2.24, 2.45) is 0 Å². The number of amides is 1. The van der Waals surface area contributed by atoms with Crippen LogP contribution in [-0.4, -0.2) is 45.0 Å². The number of piperazine rings is 1. The fourth-order valence-corrected chi connectivity index (χ4v) is 3.13. The molecule has 8 heteroatoms. The van der Waals surface area contributed by atoms with E-state index in [0.29, 0.717) is 18.9 Å².